The van der Waals surface area contributed by atoms with Crippen LogP contribution in [0.2, 0.25) is 0 Å². The molecule has 0 aromatic heterocycles. The molecule has 2 heterocycles. The molecule has 0 N–H and O–H groups in total. The average molecular weight is 184 g/mol. The van der Waals surface area contributed by atoms with Crippen molar-refractivity contribution in [2.75, 3.05) is 6.61 Å². The Morgan fingerprint density at radius 3 is 2.69 bits per heavy atom. The van der Waals surface area contributed by atoms with Gasteiger partial charge in [-0.1, -0.05) is 0 Å². The number of carbonyl (C=O) groups is 2. The number of hydrogen-bond donors (Lipinski definition) is 0. The second-order valence-electron chi connectivity index (χ2n) is 3.81. The molecule has 2 fully saturated rings. The summed E-state index contributed by atoms with van der Waals surface area (Å²) < 4.78 is 9.98. The fourth-order valence-electron chi connectivity index (χ4n) is 2.02. The Labute approximate surface area is 76.2 Å². The smallest absolute Gasteiger partial charge is 0.320 e. The van der Waals surface area contributed by atoms with Gasteiger partial charge in [-0.3, -0.25) is 9.59 Å². The van der Waals surface area contributed by atoms with Crippen molar-refractivity contribution in [1.82, 2.24) is 0 Å². The van der Waals surface area contributed by atoms with Crippen molar-refractivity contribution in [2.45, 2.75) is 31.8 Å². The third-order valence-corrected chi connectivity index (χ3v) is 2.86. The van der Waals surface area contributed by atoms with E-state index in [2.05, 4.69) is 4.74 Å². The Morgan fingerprint density at radius 2 is 2.23 bits per heavy atom. The van der Waals surface area contributed by atoms with Crippen molar-refractivity contribution in [3.05, 3.63) is 0 Å². The van der Waals surface area contributed by atoms with E-state index in [1.807, 2.05) is 6.92 Å². The molecule has 2 atom stereocenters. The number of esters is 2. The van der Waals surface area contributed by atoms with Crippen LogP contribution in [-0.2, 0) is 19.1 Å². The molecule has 2 rings (SSSR count). The van der Waals surface area contributed by atoms with Gasteiger partial charge in [0.25, 0.3) is 0 Å². The molecule has 0 spiro atoms. The summed E-state index contributed by atoms with van der Waals surface area (Å²) >= 11 is 0. The number of cyclic esters (lactones) is 2. The Bertz CT molecular complexity index is 252. The van der Waals surface area contributed by atoms with E-state index < -0.39 is 17.5 Å². The molecule has 0 radical (unpaired) electrons. The minimum atomic E-state index is -0.469. The van der Waals surface area contributed by atoms with Crippen LogP contribution in [0.4, 0.5) is 0 Å². The van der Waals surface area contributed by atoms with E-state index in [0.717, 1.165) is 12.8 Å². The van der Waals surface area contributed by atoms with Gasteiger partial charge in [0.1, 0.15) is 0 Å². The van der Waals surface area contributed by atoms with Crippen molar-refractivity contribution in [3.8, 4) is 0 Å². The summed E-state index contributed by atoms with van der Waals surface area (Å²) in [5.74, 6) is -1.23. The Hall–Kier alpha value is -0.900. The maximum atomic E-state index is 11.3. The summed E-state index contributed by atoms with van der Waals surface area (Å²) in [6.07, 6.45) is 1.96. The quantitative estimate of drug-likeness (QED) is 0.443. The molecule has 0 saturated carbocycles. The normalized spacial score (nSPS) is 39.6. The first-order chi connectivity index (χ1) is 6.12. The monoisotopic (exact) mass is 184 g/mol. The van der Waals surface area contributed by atoms with Crippen molar-refractivity contribution in [2.24, 2.45) is 5.92 Å². The van der Waals surface area contributed by atoms with Crippen LogP contribution in [0.3, 0.4) is 0 Å². The molecule has 0 aromatic carbocycles. The van der Waals surface area contributed by atoms with Crippen LogP contribution < -0.4 is 0 Å². The molecular weight excluding hydrogens is 172 g/mol. The second-order valence-corrected chi connectivity index (χ2v) is 3.81. The summed E-state index contributed by atoms with van der Waals surface area (Å²) in [5.41, 5.74) is -0.469. The van der Waals surface area contributed by atoms with Crippen LogP contribution >= 0.6 is 0 Å². The first kappa shape index (κ1) is 8.69. The summed E-state index contributed by atoms with van der Waals surface area (Å²) in [5, 5.41) is 0. The van der Waals surface area contributed by atoms with Gasteiger partial charge in [0.2, 0.25) is 0 Å². The van der Waals surface area contributed by atoms with Gasteiger partial charge in [0.05, 0.1) is 17.9 Å². The minimum Gasteiger partial charge on any atom is -0.393 e. The summed E-state index contributed by atoms with van der Waals surface area (Å²) in [6, 6.07) is 0. The topological polar surface area (TPSA) is 52.6 Å². The van der Waals surface area contributed by atoms with Gasteiger partial charge < -0.3 is 9.47 Å². The zero-order chi connectivity index (χ0) is 9.47. The van der Waals surface area contributed by atoms with Gasteiger partial charge in [-0.2, -0.15) is 0 Å². The lowest BCUT2D eigenvalue weighted by Crippen LogP contribution is -2.36. The van der Waals surface area contributed by atoms with Gasteiger partial charge in [-0.05, 0) is 19.8 Å². The molecule has 4 nitrogen and oxygen atoms in total. The fraction of sp³-hybridized carbons (Fsp3) is 0.778. The average Bonchev–Trinajstić information content (AvgIpc) is 2.59. The molecule has 0 bridgehead atoms. The minimum absolute atomic E-state index is 0.176. The summed E-state index contributed by atoms with van der Waals surface area (Å²) in [6.45, 7) is 2.55. The SMILES string of the molecule is CC1(C2CC(=O)OC2=O)CCCO1. The highest BCUT2D eigenvalue weighted by Gasteiger charge is 2.49. The largest absolute Gasteiger partial charge is 0.393 e. The van der Waals surface area contributed by atoms with Crippen LogP contribution in [0.25, 0.3) is 0 Å². The van der Waals surface area contributed by atoms with Gasteiger partial charge in [-0.15, -0.1) is 0 Å². The second kappa shape index (κ2) is 2.80. The fourth-order valence-corrected chi connectivity index (χ4v) is 2.02. The first-order valence-corrected chi connectivity index (χ1v) is 4.50. The van der Waals surface area contributed by atoms with Crippen molar-refractivity contribution in [3.63, 3.8) is 0 Å². The summed E-state index contributed by atoms with van der Waals surface area (Å²) in [4.78, 5) is 22.1. The number of hydrogen-bond acceptors (Lipinski definition) is 4. The lowest BCUT2D eigenvalue weighted by Gasteiger charge is -2.26. The zero-order valence-corrected chi connectivity index (χ0v) is 7.54. The van der Waals surface area contributed by atoms with E-state index >= 15 is 0 Å². The lowest BCUT2D eigenvalue weighted by molar-refractivity contribution is -0.155. The van der Waals surface area contributed by atoms with Gasteiger partial charge in [-0.25, -0.2) is 0 Å². The Kier molecular flexibility index (Phi) is 1.87. The predicted molar refractivity (Wildman–Crippen MR) is 42.8 cm³/mol. The highest BCUT2D eigenvalue weighted by atomic mass is 16.6. The molecule has 13 heavy (non-hydrogen) atoms. The number of carbonyl (C=O) groups excluding carboxylic acids is 2. The maximum absolute atomic E-state index is 11.3. The van der Waals surface area contributed by atoms with E-state index in [4.69, 9.17) is 4.74 Å². The van der Waals surface area contributed by atoms with Crippen LogP contribution in [0.5, 0.6) is 0 Å². The molecule has 72 valence electrons. The van der Waals surface area contributed by atoms with Gasteiger partial charge in [0, 0.05) is 6.61 Å². The van der Waals surface area contributed by atoms with E-state index in [-0.39, 0.29) is 12.3 Å². The Balaban J connectivity index is 2.16. The van der Waals surface area contributed by atoms with Gasteiger partial charge >= 0.3 is 11.9 Å². The highest BCUT2D eigenvalue weighted by molar-refractivity contribution is 5.95. The van der Waals surface area contributed by atoms with E-state index in [1.165, 1.54) is 0 Å². The van der Waals surface area contributed by atoms with Crippen LogP contribution in [-0.4, -0.2) is 24.1 Å². The van der Waals surface area contributed by atoms with Gasteiger partial charge in [0.15, 0.2) is 0 Å². The zero-order valence-electron chi connectivity index (χ0n) is 7.54. The molecule has 0 aromatic rings. The predicted octanol–water partition coefficient (Wildman–Crippen LogP) is 0.645. The van der Waals surface area contributed by atoms with Crippen molar-refractivity contribution < 1.29 is 19.1 Å². The third kappa shape index (κ3) is 1.35. The molecule has 2 aliphatic rings. The van der Waals surface area contributed by atoms with Crippen molar-refractivity contribution in [1.29, 1.82) is 0 Å². The number of rotatable bonds is 1. The molecule has 2 unspecified atom stereocenters. The van der Waals surface area contributed by atoms with Crippen LogP contribution in [0, 0.1) is 5.92 Å². The molecule has 0 amide bonds. The molecule has 2 aliphatic heterocycles. The third-order valence-electron chi connectivity index (χ3n) is 2.86. The van der Waals surface area contributed by atoms with Crippen molar-refractivity contribution >= 4 is 11.9 Å². The summed E-state index contributed by atoms with van der Waals surface area (Å²) in [7, 11) is 0. The van der Waals surface area contributed by atoms with Crippen LogP contribution in [0.15, 0.2) is 0 Å². The molecule has 2 saturated heterocycles. The highest BCUT2D eigenvalue weighted by Crippen LogP contribution is 2.37. The molecule has 0 aliphatic carbocycles. The Morgan fingerprint density at radius 1 is 1.46 bits per heavy atom. The standard InChI is InChI=1S/C9H12O4/c1-9(3-2-4-12-9)6-5-7(10)13-8(6)11/h6H,2-5H2,1H3. The van der Waals surface area contributed by atoms with E-state index in [1.54, 1.807) is 0 Å². The van der Waals surface area contributed by atoms with Crippen LogP contribution in [0.1, 0.15) is 26.2 Å². The first-order valence-electron chi connectivity index (χ1n) is 4.50. The maximum Gasteiger partial charge on any atom is 0.320 e. The van der Waals surface area contributed by atoms with E-state index in [0.29, 0.717) is 6.61 Å². The lowest BCUT2D eigenvalue weighted by atomic mass is 9.85. The molecular formula is C9H12O4. The molecule has 4 heteroatoms. The van der Waals surface area contributed by atoms with E-state index in [9.17, 15) is 9.59 Å². The number of ether oxygens (including phenoxy) is 2.